The number of benzene rings is 2. The Kier molecular flexibility index (Phi) is 5.07. The van der Waals surface area contributed by atoms with Crippen LogP contribution in [0.2, 0.25) is 0 Å². The van der Waals surface area contributed by atoms with Crippen LogP contribution in [0.5, 0.6) is 0 Å². The van der Waals surface area contributed by atoms with E-state index in [-0.39, 0.29) is 6.04 Å². The van der Waals surface area contributed by atoms with Gasteiger partial charge in [-0.25, -0.2) is 0 Å². The lowest BCUT2D eigenvalue weighted by atomic mass is 9.99. The summed E-state index contributed by atoms with van der Waals surface area (Å²) in [5.41, 5.74) is 4.10. The molecule has 136 valence electrons. The molecule has 0 bridgehead atoms. The van der Waals surface area contributed by atoms with Crippen molar-refractivity contribution in [2.45, 2.75) is 50.7 Å². The lowest BCUT2D eigenvalue weighted by Gasteiger charge is -2.38. The normalized spacial score (nSPS) is 20.7. The molecule has 1 fully saturated rings. The van der Waals surface area contributed by atoms with Gasteiger partial charge in [0.25, 0.3) is 0 Å². The van der Waals surface area contributed by atoms with Crippen LogP contribution in [0.1, 0.15) is 36.0 Å². The van der Waals surface area contributed by atoms with Crippen molar-refractivity contribution in [1.82, 2.24) is 9.80 Å². The molecule has 0 aromatic heterocycles. The molecule has 0 radical (unpaired) electrons. The quantitative estimate of drug-likeness (QED) is 0.842. The molecule has 0 spiro atoms. The number of piperidine rings is 1. The van der Waals surface area contributed by atoms with Crippen molar-refractivity contribution >= 4 is 5.91 Å². The molecule has 0 saturated carbocycles. The van der Waals surface area contributed by atoms with Gasteiger partial charge in [-0.15, -0.1) is 0 Å². The molecular formula is C23H28N2O. The van der Waals surface area contributed by atoms with Crippen LogP contribution < -0.4 is 0 Å². The SMILES string of the molecule is CN(C(=O)C1CCCCN1Cc1ccccc1)C1Cc2ccccc2C1. The molecule has 2 aromatic rings. The third kappa shape index (κ3) is 3.54. The fourth-order valence-corrected chi connectivity index (χ4v) is 4.50. The highest BCUT2D eigenvalue weighted by Crippen LogP contribution is 2.27. The molecule has 4 rings (SSSR count). The highest BCUT2D eigenvalue weighted by atomic mass is 16.2. The van der Waals surface area contributed by atoms with Crippen LogP contribution in [0.25, 0.3) is 0 Å². The molecule has 3 heteroatoms. The zero-order valence-corrected chi connectivity index (χ0v) is 15.6. The second kappa shape index (κ2) is 7.63. The van der Waals surface area contributed by atoms with E-state index in [4.69, 9.17) is 0 Å². The van der Waals surface area contributed by atoms with Crippen molar-refractivity contribution in [2.24, 2.45) is 0 Å². The maximum absolute atomic E-state index is 13.3. The van der Waals surface area contributed by atoms with Gasteiger partial charge in [-0.3, -0.25) is 9.69 Å². The summed E-state index contributed by atoms with van der Waals surface area (Å²) in [7, 11) is 2.01. The number of nitrogens with zero attached hydrogens (tertiary/aromatic N) is 2. The molecule has 0 N–H and O–H groups in total. The number of likely N-dealkylation sites (N-methyl/N-ethyl adjacent to an activating group) is 1. The fourth-order valence-electron chi connectivity index (χ4n) is 4.50. The van der Waals surface area contributed by atoms with E-state index in [1.54, 1.807) is 0 Å². The molecule has 3 nitrogen and oxygen atoms in total. The summed E-state index contributed by atoms with van der Waals surface area (Å²) in [5, 5.41) is 0. The van der Waals surface area contributed by atoms with Gasteiger partial charge in [-0.05, 0) is 48.9 Å². The number of hydrogen-bond acceptors (Lipinski definition) is 2. The maximum Gasteiger partial charge on any atom is 0.239 e. The van der Waals surface area contributed by atoms with Crippen LogP contribution in [0.3, 0.4) is 0 Å². The number of rotatable bonds is 4. The summed E-state index contributed by atoms with van der Waals surface area (Å²) in [5.74, 6) is 0.304. The molecule has 26 heavy (non-hydrogen) atoms. The Balaban J connectivity index is 1.45. The molecule has 1 saturated heterocycles. The number of carbonyl (C=O) groups excluding carboxylic acids is 1. The molecule has 2 aromatic carbocycles. The largest absolute Gasteiger partial charge is 0.341 e. The topological polar surface area (TPSA) is 23.6 Å². The summed E-state index contributed by atoms with van der Waals surface area (Å²) in [4.78, 5) is 17.7. The van der Waals surface area contributed by atoms with Crippen LogP contribution in [0.4, 0.5) is 0 Å². The molecule has 2 aliphatic rings. The molecule has 1 aliphatic carbocycles. The monoisotopic (exact) mass is 348 g/mol. The molecular weight excluding hydrogens is 320 g/mol. The number of likely N-dealkylation sites (tertiary alicyclic amines) is 1. The van der Waals surface area contributed by atoms with Crippen molar-refractivity contribution < 1.29 is 4.79 Å². The summed E-state index contributed by atoms with van der Waals surface area (Å²) in [6, 6.07) is 19.5. The van der Waals surface area contributed by atoms with Gasteiger partial charge in [0.2, 0.25) is 5.91 Å². The highest BCUT2D eigenvalue weighted by Gasteiger charge is 2.35. The first-order chi connectivity index (χ1) is 12.7. The van der Waals surface area contributed by atoms with E-state index in [1.165, 1.54) is 23.1 Å². The number of amides is 1. The molecule has 1 aliphatic heterocycles. The van der Waals surface area contributed by atoms with Crippen molar-refractivity contribution in [3.05, 3.63) is 71.3 Å². The minimum atomic E-state index is 0.0256. The Morgan fingerprint density at radius 2 is 1.65 bits per heavy atom. The van der Waals surface area contributed by atoms with Gasteiger partial charge in [0.05, 0.1) is 6.04 Å². The average Bonchev–Trinajstić information content (AvgIpc) is 3.12. The summed E-state index contributed by atoms with van der Waals surface area (Å²) in [6.45, 7) is 1.89. The van der Waals surface area contributed by atoms with Gasteiger partial charge in [0.15, 0.2) is 0 Å². The van der Waals surface area contributed by atoms with Gasteiger partial charge < -0.3 is 4.90 Å². The number of hydrogen-bond donors (Lipinski definition) is 0. The first kappa shape index (κ1) is 17.3. The van der Waals surface area contributed by atoms with E-state index in [0.717, 1.165) is 38.8 Å². The summed E-state index contributed by atoms with van der Waals surface area (Å²) >= 11 is 0. The maximum atomic E-state index is 13.3. The van der Waals surface area contributed by atoms with E-state index in [2.05, 4.69) is 53.4 Å². The van der Waals surface area contributed by atoms with E-state index in [9.17, 15) is 4.79 Å². The first-order valence-corrected chi connectivity index (χ1v) is 9.84. The Bertz CT molecular complexity index is 733. The van der Waals surface area contributed by atoms with Gasteiger partial charge in [0.1, 0.15) is 0 Å². The van der Waals surface area contributed by atoms with E-state index >= 15 is 0 Å². The van der Waals surface area contributed by atoms with Crippen LogP contribution in [-0.4, -0.2) is 41.4 Å². The molecule has 1 unspecified atom stereocenters. The number of carbonyl (C=O) groups is 1. The predicted molar refractivity (Wildman–Crippen MR) is 105 cm³/mol. The molecule has 1 amide bonds. The lowest BCUT2D eigenvalue weighted by molar-refractivity contribution is -0.139. The van der Waals surface area contributed by atoms with E-state index in [0.29, 0.717) is 11.9 Å². The van der Waals surface area contributed by atoms with Crippen LogP contribution in [-0.2, 0) is 24.2 Å². The highest BCUT2D eigenvalue weighted by molar-refractivity contribution is 5.82. The minimum absolute atomic E-state index is 0.0256. The second-order valence-electron chi connectivity index (χ2n) is 7.75. The van der Waals surface area contributed by atoms with Crippen molar-refractivity contribution in [2.75, 3.05) is 13.6 Å². The minimum Gasteiger partial charge on any atom is -0.341 e. The zero-order chi connectivity index (χ0) is 17.9. The lowest BCUT2D eigenvalue weighted by Crippen LogP contribution is -2.52. The van der Waals surface area contributed by atoms with E-state index < -0.39 is 0 Å². The Morgan fingerprint density at radius 3 is 2.35 bits per heavy atom. The van der Waals surface area contributed by atoms with Gasteiger partial charge in [-0.2, -0.15) is 0 Å². The Hall–Kier alpha value is -2.13. The average molecular weight is 348 g/mol. The standard InChI is InChI=1S/C23H28N2O/c1-24(21-15-19-11-5-6-12-20(19)16-21)23(26)22-13-7-8-14-25(22)17-18-9-3-2-4-10-18/h2-6,9-12,21-22H,7-8,13-17H2,1H3. The molecule has 1 atom stereocenters. The van der Waals surface area contributed by atoms with E-state index in [1.807, 2.05) is 18.0 Å². The zero-order valence-electron chi connectivity index (χ0n) is 15.6. The van der Waals surface area contributed by atoms with Crippen molar-refractivity contribution in [1.29, 1.82) is 0 Å². The Labute approximate surface area is 156 Å². The van der Waals surface area contributed by atoms with Gasteiger partial charge in [-0.1, -0.05) is 61.0 Å². The number of fused-ring (bicyclic) bond motifs is 1. The van der Waals surface area contributed by atoms with Gasteiger partial charge in [0, 0.05) is 19.6 Å². The van der Waals surface area contributed by atoms with Crippen LogP contribution >= 0.6 is 0 Å². The smallest absolute Gasteiger partial charge is 0.239 e. The van der Waals surface area contributed by atoms with Crippen molar-refractivity contribution in [3.8, 4) is 0 Å². The van der Waals surface area contributed by atoms with Crippen LogP contribution in [0, 0.1) is 0 Å². The van der Waals surface area contributed by atoms with Gasteiger partial charge >= 0.3 is 0 Å². The third-order valence-electron chi connectivity index (χ3n) is 6.05. The Morgan fingerprint density at radius 1 is 1.00 bits per heavy atom. The summed E-state index contributed by atoms with van der Waals surface area (Å²) in [6.07, 6.45) is 5.30. The van der Waals surface area contributed by atoms with Crippen molar-refractivity contribution in [3.63, 3.8) is 0 Å². The van der Waals surface area contributed by atoms with Crippen LogP contribution in [0.15, 0.2) is 54.6 Å². The fraction of sp³-hybridized carbons (Fsp3) is 0.435. The summed E-state index contributed by atoms with van der Waals surface area (Å²) < 4.78 is 0. The third-order valence-corrected chi connectivity index (χ3v) is 6.05. The first-order valence-electron chi connectivity index (χ1n) is 9.84. The second-order valence-corrected chi connectivity index (χ2v) is 7.75. The molecule has 1 heterocycles. The predicted octanol–water partition coefficient (Wildman–Crippen LogP) is 3.67.